The van der Waals surface area contributed by atoms with E-state index in [1.165, 1.54) is 12.1 Å². The van der Waals surface area contributed by atoms with Gasteiger partial charge in [-0.1, -0.05) is 12.1 Å². The largest absolute Gasteiger partial charge is 0.269 e. The third-order valence-corrected chi connectivity index (χ3v) is 2.09. The third kappa shape index (κ3) is 3.06. The van der Waals surface area contributed by atoms with Gasteiger partial charge < -0.3 is 0 Å². The number of nitro benzene ring substituents is 1. The van der Waals surface area contributed by atoms with Crippen molar-refractivity contribution in [2.45, 2.75) is 12.8 Å². The summed E-state index contributed by atoms with van der Waals surface area (Å²) in [5, 5.41) is 10.3. The quantitative estimate of drug-likeness (QED) is 0.457. The van der Waals surface area contributed by atoms with Crippen LogP contribution in [-0.2, 0) is 6.42 Å². The average molecular weight is 197 g/mol. The second kappa shape index (κ2) is 4.87. The molecule has 13 heavy (non-hydrogen) atoms. The fourth-order valence-corrected chi connectivity index (χ4v) is 1.23. The molecular formula is C9H11NO2S. The maximum atomic E-state index is 10.3. The van der Waals surface area contributed by atoms with E-state index in [0.29, 0.717) is 0 Å². The van der Waals surface area contributed by atoms with Gasteiger partial charge >= 0.3 is 0 Å². The van der Waals surface area contributed by atoms with Crippen LogP contribution in [0.4, 0.5) is 5.69 Å². The average Bonchev–Trinajstić information content (AvgIpc) is 2.15. The highest BCUT2D eigenvalue weighted by molar-refractivity contribution is 7.80. The first-order valence-electron chi connectivity index (χ1n) is 4.08. The van der Waals surface area contributed by atoms with Gasteiger partial charge in [-0.25, -0.2) is 0 Å². The summed E-state index contributed by atoms with van der Waals surface area (Å²) >= 11 is 4.10. The Hall–Kier alpha value is -1.03. The minimum Gasteiger partial charge on any atom is -0.258 e. The molecule has 0 saturated carbocycles. The topological polar surface area (TPSA) is 43.1 Å². The molecule has 0 N–H and O–H groups in total. The van der Waals surface area contributed by atoms with Gasteiger partial charge in [-0.3, -0.25) is 10.1 Å². The van der Waals surface area contributed by atoms with Gasteiger partial charge in [0, 0.05) is 12.1 Å². The van der Waals surface area contributed by atoms with Crippen LogP contribution in [0.5, 0.6) is 0 Å². The Morgan fingerprint density at radius 2 is 1.92 bits per heavy atom. The van der Waals surface area contributed by atoms with E-state index in [1.54, 1.807) is 12.1 Å². The zero-order valence-corrected chi connectivity index (χ0v) is 8.04. The Kier molecular flexibility index (Phi) is 3.76. The maximum Gasteiger partial charge on any atom is 0.269 e. The molecule has 0 bridgehead atoms. The highest BCUT2D eigenvalue weighted by Crippen LogP contribution is 2.12. The lowest BCUT2D eigenvalue weighted by molar-refractivity contribution is -0.384. The second-order valence-corrected chi connectivity index (χ2v) is 3.20. The second-order valence-electron chi connectivity index (χ2n) is 2.75. The summed E-state index contributed by atoms with van der Waals surface area (Å²) in [5.41, 5.74) is 1.27. The molecule has 0 atom stereocenters. The van der Waals surface area contributed by atoms with Crippen molar-refractivity contribution >= 4 is 18.3 Å². The van der Waals surface area contributed by atoms with E-state index in [1.807, 2.05) is 0 Å². The smallest absolute Gasteiger partial charge is 0.258 e. The van der Waals surface area contributed by atoms with Crippen LogP contribution in [0.25, 0.3) is 0 Å². The van der Waals surface area contributed by atoms with E-state index in [9.17, 15) is 10.1 Å². The molecule has 3 nitrogen and oxygen atoms in total. The minimum absolute atomic E-state index is 0.148. The van der Waals surface area contributed by atoms with Gasteiger partial charge in [0.15, 0.2) is 0 Å². The van der Waals surface area contributed by atoms with Crippen molar-refractivity contribution in [3.05, 3.63) is 39.9 Å². The van der Waals surface area contributed by atoms with Crippen LogP contribution in [-0.4, -0.2) is 10.7 Å². The summed E-state index contributed by atoms with van der Waals surface area (Å²) in [6.07, 6.45) is 1.93. The first-order valence-corrected chi connectivity index (χ1v) is 4.71. The monoisotopic (exact) mass is 197 g/mol. The molecule has 0 heterocycles. The molecule has 0 radical (unpaired) electrons. The molecular weight excluding hydrogens is 186 g/mol. The van der Waals surface area contributed by atoms with Gasteiger partial charge in [-0.05, 0) is 24.2 Å². The first kappa shape index (κ1) is 10.1. The maximum absolute atomic E-state index is 10.3. The van der Waals surface area contributed by atoms with E-state index >= 15 is 0 Å². The van der Waals surface area contributed by atoms with Gasteiger partial charge in [-0.15, -0.1) is 0 Å². The van der Waals surface area contributed by atoms with Gasteiger partial charge in [0.2, 0.25) is 0 Å². The first-order chi connectivity index (χ1) is 6.24. The summed E-state index contributed by atoms with van der Waals surface area (Å²) in [6, 6.07) is 6.66. The molecule has 0 fully saturated rings. The van der Waals surface area contributed by atoms with Crippen LogP contribution < -0.4 is 0 Å². The SMILES string of the molecule is O=[N+]([O-])c1ccc(CCCS)cc1. The van der Waals surface area contributed by atoms with E-state index in [0.717, 1.165) is 24.2 Å². The molecule has 1 aromatic carbocycles. The summed E-state index contributed by atoms with van der Waals surface area (Å²) in [7, 11) is 0. The van der Waals surface area contributed by atoms with E-state index in [4.69, 9.17) is 0 Å². The van der Waals surface area contributed by atoms with Crippen molar-refractivity contribution in [3.63, 3.8) is 0 Å². The summed E-state index contributed by atoms with van der Waals surface area (Å²) in [6.45, 7) is 0. The fourth-order valence-electron chi connectivity index (χ4n) is 1.07. The van der Waals surface area contributed by atoms with E-state index in [-0.39, 0.29) is 10.6 Å². The number of thiol groups is 1. The molecule has 0 saturated heterocycles. The Balaban J connectivity index is 2.64. The predicted octanol–water partition coefficient (Wildman–Crippen LogP) is 2.46. The number of hydrogen-bond donors (Lipinski definition) is 1. The van der Waals surface area contributed by atoms with E-state index < -0.39 is 0 Å². The molecule has 1 aromatic rings. The number of aryl methyl sites for hydroxylation is 1. The van der Waals surface area contributed by atoms with Crippen LogP contribution >= 0.6 is 12.6 Å². The van der Waals surface area contributed by atoms with Crippen LogP contribution in [0.3, 0.4) is 0 Å². The van der Waals surface area contributed by atoms with Crippen molar-refractivity contribution < 1.29 is 4.92 Å². The normalized spacial score (nSPS) is 9.92. The zero-order chi connectivity index (χ0) is 9.68. The highest BCUT2D eigenvalue weighted by Gasteiger charge is 2.02. The van der Waals surface area contributed by atoms with Crippen molar-refractivity contribution in [1.29, 1.82) is 0 Å². The lowest BCUT2D eigenvalue weighted by Crippen LogP contribution is -1.89. The number of rotatable bonds is 4. The highest BCUT2D eigenvalue weighted by atomic mass is 32.1. The molecule has 4 heteroatoms. The molecule has 0 unspecified atom stereocenters. The van der Waals surface area contributed by atoms with Crippen molar-refractivity contribution in [2.24, 2.45) is 0 Å². The fraction of sp³-hybridized carbons (Fsp3) is 0.333. The minimum atomic E-state index is -0.387. The van der Waals surface area contributed by atoms with Crippen LogP contribution in [0.2, 0.25) is 0 Å². The number of non-ortho nitro benzene ring substituents is 1. The molecule has 0 aliphatic heterocycles. The predicted molar refractivity (Wildman–Crippen MR) is 55.3 cm³/mol. The number of nitro groups is 1. The molecule has 0 spiro atoms. The summed E-state index contributed by atoms with van der Waals surface area (Å²) < 4.78 is 0. The number of hydrogen-bond acceptors (Lipinski definition) is 3. The standard InChI is InChI=1S/C9H11NO2S/c11-10(12)9-5-3-8(4-6-9)2-1-7-13/h3-6,13H,1-2,7H2. The van der Waals surface area contributed by atoms with Crippen molar-refractivity contribution in [3.8, 4) is 0 Å². The Morgan fingerprint density at radius 3 is 2.38 bits per heavy atom. The Labute approximate surface area is 82.3 Å². The molecule has 0 aliphatic carbocycles. The number of nitrogens with zero attached hydrogens (tertiary/aromatic N) is 1. The summed E-state index contributed by atoms with van der Waals surface area (Å²) in [5.74, 6) is 0.844. The zero-order valence-electron chi connectivity index (χ0n) is 7.14. The molecule has 0 aromatic heterocycles. The van der Waals surface area contributed by atoms with Crippen molar-refractivity contribution in [2.75, 3.05) is 5.75 Å². The third-order valence-electron chi connectivity index (χ3n) is 1.77. The molecule has 0 amide bonds. The van der Waals surface area contributed by atoms with Crippen molar-refractivity contribution in [1.82, 2.24) is 0 Å². The summed E-state index contributed by atoms with van der Waals surface area (Å²) in [4.78, 5) is 9.93. The van der Waals surface area contributed by atoms with Crippen LogP contribution in [0.1, 0.15) is 12.0 Å². The molecule has 0 aliphatic rings. The van der Waals surface area contributed by atoms with E-state index in [2.05, 4.69) is 12.6 Å². The van der Waals surface area contributed by atoms with Gasteiger partial charge in [0.25, 0.3) is 5.69 Å². The lowest BCUT2D eigenvalue weighted by atomic mass is 10.1. The van der Waals surface area contributed by atoms with Gasteiger partial charge in [0.05, 0.1) is 4.92 Å². The Bertz CT molecular complexity index is 284. The Morgan fingerprint density at radius 1 is 1.31 bits per heavy atom. The molecule has 70 valence electrons. The van der Waals surface area contributed by atoms with Gasteiger partial charge in [0.1, 0.15) is 0 Å². The van der Waals surface area contributed by atoms with Gasteiger partial charge in [-0.2, -0.15) is 12.6 Å². The number of benzene rings is 1. The molecule has 1 rings (SSSR count). The lowest BCUT2D eigenvalue weighted by Gasteiger charge is -1.97. The van der Waals surface area contributed by atoms with Crippen LogP contribution in [0.15, 0.2) is 24.3 Å². The van der Waals surface area contributed by atoms with Crippen LogP contribution in [0, 0.1) is 10.1 Å².